The Kier molecular flexibility index (Phi) is 9.02. The number of pyridine rings is 1. The highest BCUT2D eigenvalue weighted by molar-refractivity contribution is 5.96. The molecule has 2 aromatic rings. The van der Waals surface area contributed by atoms with E-state index in [1.54, 1.807) is 24.4 Å². The molecule has 1 aromatic carbocycles. The van der Waals surface area contributed by atoms with E-state index in [9.17, 15) is 9.90 Å². The molecule has 0 aliphatic rings. The molecule has 1 aromatic heterocycles. The van der Waals surface area contributed by atoms with Crippen molar-refractivity contribution in [1.82, 2.24) is 4.98 Å². The molecule has 3 N–H and O–H groups in total. The van der Waals surface area contributed by atoms with Crippen molar-refractivity contribution in [2.24, 2.45) is 15.7 Å². The van der Waals surface area contributed by atoms with E-state index >= 15 is 0 Å². The molecule has 0 unspecified atom stereocenters. The number of amidine groups is 2. The molecule has 154 valence electrons. The third kappa shape index (κ3) is 7.14. The first-order valence-electron chi connectivity index (χ1n) is 10.2. The van der Waals surface area contributed by atoms with E-state index in [4.69, 9.17) is 5.73 Å². The lowest BCUT2D eigenvalue weighted by molar-refractivity contribution is 0.0697. The minimum atomic E-state index is -0.963. The van der Waals surface area contributed by atoms with E-state index < -0.39 is 5.97 Å². The lowest BCUT2D eigenvalue weighted by Crippen LogP contribution is -2.14. The summed E-state index contributed by atoms with van der Waals surface area (Å²) in [7, 11) is 0. The number of hydrogen-bond acceptors (Lipinski definition) is 3. The van der Waals surface area contributed by atoms with Crippen molar-refractivity contribution in [2.45, 2.75) is 58.9 Å². The summed E-state index contributed by atoms with van der Waals surface area (Å²) < 4.78 is 0. The molecule has 0 atom stereocenters. The number of carboxylic acids is 1. The Balaban J connectivity index is 2.15. The van der Waals surface area contributed by atoms with Gasteiger partial charge in [0.05, 0.1) is 17.8 Å². The summed E-state index contributed by atoms with van der Waals surface area (Å²) in [5.74, 6) is 0.455. The summed E-state index contributed by atoms with van der Waals surface area (Å²) >= 11 is 0. The van der Waals surface area contributed by atoms with Crippen LogP contribution in [0.2, 0.25) is 0 Å². The van der Waals surface area contributed by atoms with Gasteiger partial charge in [0.2, 0.25) is 0 Å². The van der Waals surface area contributed by atoms with E-state index in [1.807, 2.05) is 18.2 Å². The molecule has 0 saturated carbocycles. The minimum absolute atomic E-state index is 0.240. The van der Waals surface area contributed by atoms with Gasteiger partial charge in [0.1, 0.15) is 11.7 Å². The fourth-order valence-corrected chi connectivity index (χ4v) is 2.84. The molecule has 29 heavy (non-hydrogen) atoms. The van der Waals surface area contributed by atoms with Crippen LogP contribution in [0.5, 0.6) is 0 Å². The molecule has 6 heteroatoms. The van der Waals surface area contributed by atoms with Crippen LogP contribution in [0, 0.1) is 0 Å². The Morgan fingerprint density at radius 2 is 1.79 bits per heavy atom. The van der Waals surface area contributed by atoms with Crippen LogP contribution < -0.4 is 5.73 Å². The summed E-state index contributed by atoms with van der Waals surface area (Å²) in [6.07, 6.45) is 7.54. The van der Waals surface area contributed by atoms with Crippen LogP contribution in [0.1, 0.15) is 68.3 Å². The molecule has 0 amide bonds. The molecule has 0 bridgehead atoms. The van der Waals surface area contributed by atoms with Crippen molar-refractivity contribution < 1.29 is 9.90 Å². The van der Waals surface area contributed by atoms with E-state index in [-0.39, 0.29) is 5.56 Å². The van der Waals surface area contributed by atoms with E-state index in [2.05, 4.69) is 28.8 Å². The monoisotopic (exact) mass is 394 g/mol. The van der Waals surface area contributed by atoms with Gasteiger partial charge in [-0.05, 0) is 30.5 Å². The summed E-state index contributed by atoms with van der Waals surface area (Å²) in [4.78, 5) is 25.0. The van der Waals surface area contributed by atoms with Gasteiger partial charge in [0.15, 0.2) is 0 Å². The van der Waals surface area contributed by atoms with E-state index in [0.29, 0.717) is 23.6 Å². The number of carbonyl (C=O) groups is 1. The third-order valence-electron chi connectivity index (χ3n) is 4.52. The second-order valence-corrected chi connectivity index (χ2v) is 6.95. The van der Waals surface area contributed by atoms with Gasteiger partial charge >= 0.3 is 5.97 Å². The van der Waals surface area contributed by atoms with Gasteiger partial charge in [-0.3, -0.25) is 9.98 Å². The SMILES string of the molecule is CCCCC(N)=NC(CCCC)=NCc1ccc(-c2ccccc2C(=O)O)nc1. The van der Waals surface area contributed by atoms with Crippen molar-refractivity contribution in [3.8, 4) is 11.3 Å². The first-order chi connectivity index (χ1) is 14.0. The second-order valence-electron chi connectivity index (χ2n) is 6.95. The zero-order valence-corrected chi connectivity index (χ0v) is 17.3. The highest BCUT2D eigenvalue weighted by Gasteiger charge is 2.11. The van der Waals surface area contributed by atoms with Crippen LogP contribution in [0.4, 0.5) is 0 Å². The number of aromatic carboxylic acids is 1. The number of nitrogens with two attached hydrogens (primary N) is 1. The van der Waals surface area contributed by atoms with Gasteiger partial charge < -0.3 is 10.8 Å². The predicted octanol–water partition coefficient (Wildman–Crippen LogP) is 5.08. The van der Waals surface area contributed by atoms with Crippen molar-refractivity contribution in [3.63, 3.8) is 0 Å². The Bertz CT molecular complexity index is 857. The topological polar surface area (TPSA) is 101 Å². The zero-order chi connectivity index (χ0) is 21.1. The molecule has 0 aliphatic heterocycles. The zero-order valence-electron chi connectivity index (χ0n) is 17.3. The summed E-state index contributed by atoms with van der Waals surface area (Å²) in [6, 6.07) is 10.6. The third-order valence-corrected chi connectivity index (χ3v) is 4.52. The van der Waals surface area contributed by atoms with Crippen LogP contribution in [-0.2, 0) is 6.54 Å². The summed E-state index contributed by atoms with van der Waals surface area (Å²) in [5, 5.41) is 9.36. The lowest BCUT2D eigenvalue weighted by Gasteiger charge is -2.07. The maximum atomic E-state index is 11.4. The number of rotatable bonds is 10. The van der Waals surface area contributed by atoms with Gasteiger partial charge in [-0.2, -0.15) is 0 Å². The van der Waals surface area contributed by atoms with Crippen LogP contribution in [0.15, 0.2) is 52.6 Å². The van der Waals surface area contributed by atoms with Crippen molar-refractivity contribution in [3.05, 3.63) is 53.7 Å². The van der Waals surface area contributed by atoms with Crippen LogP contribution in [0.3, 0.4) is 0 Å². The van der Waals surface area contributed by atoms with Gasteiger partial charge in [-0.15, -0.1) is 0 Å². The number of aromatic nitrogens is 1. The lowest BCUT2D eigenvalue weighted by atomic mass is 10.0. The maximum absolute atomic E-state index is 11.4. The van der Waals surface area contributed by atoms with E-state index in [0.717, 1.165) is 49.9 Å². The van der Waals surface area contributed by atoms with Crippen LogP contribution in [-0.4, -0.2) is 27.7 Å². The highest BCUT2D eigenvalue weighted by Crippen LogP contribution is 2.22. The number of aliphatic imine (C=N–C) groups is 2. The molecule has 2 rings (SSSR count). The fourth-order valence-electron chi connectivity index (χ4n) is 2.84. The highest BCUT2D eigenvalue weighted by atomic mass is 16.4. The molecule has 0 aliphatic carbocycles. The van der Waals surface area contributed by atoms with Gasteiger partial charge in [-0.25, -0.2) is 9.79 Å². The molecule has 0 spiro atoms. The van der Waals surface area contributed by atoms with Crippen LogP contribution >= 0.6 is 0 Å². The standard InChI is InChI=1S/C23H30N4O2/c1-3-5-11-21(24)27-22(12-6-4-2)26-16-17-13-14-20(25-15-17)18-9-7-8-10-19(18)23(28)29/h7-10,13-15H,3-6,11-12,16H2,1-2H3,(H,28,29)(H2,24,26,27). The molecular weight excluding hydrogens is 364 g/mol. The number of nitrogens with zero attached hydrogens (tertiary/aromatic N) is 3. The predicted molar refractivity (Wildman–Crippen MR) is 118 cm³/mol. The van der Waals surface area contributed by atoms with Gasteiger partial charge in [0, 0.05) is 24.6 Å². The van der Waals surface area contributed by atoms with Gasteiger partial charge in [0.25, 0.3) is 0 Å². The van der Waals surface area contributed by atoms with Gasteiger partial charge in [-0.1, -0.05) is 51.0 Å². The first kappa shape index (κ1) is 22.3. The smallest absolute Gasteiger partial charge is 0.336 e. The summed E-state index contributed by atoms with van der Waals surface area (Å²) in [5.41, 5.74) is 8.45. The Morgan fingerprint density at radius 1 is 1.07 bits per heavy atom. The molecular formula is C23H30N4O2. The molecule has 6 nitrogen and oxygen atoms in total. The quantitative estimate of drug-likeness (QED) is 0.433. The minimum Gasteiger partial charge on any atom is -0.478 e. The van der Waals surface area contributed by atoms with Crippen LogP contribution in [0.25, 0.3) is 11.3 Å². The molecule has 1 heterocycles. The number of unbranched alkanes of at least 4 members (excludes halogenated alkanes) is 2. The normalized spacial score (nSPS) is 12.2. The Hall–Kier alpha value is -3.02. The van der Waals surface area contributed by atoms with E-state index in [1.165, 1.54) is 0 Å². The Morgan fingerprint density at radius 3 is 2.45 bits per heavy atom. The average molecular weight is 395 g/mol. The average Bonchev–Trinajstić information content (AvgIpc) is 2.74. The summed E-state index contributed by atoms with van der Waals surface area (Å²) in [6.45, 7) is 4.74. The molecule has 0 saturated heterocycles. The van der Waals surface area contributed by atoms with Crippen molar-refractivity contribution >= 4 is 17.6 Å². The molecule has 0 radical (unpaired) electrons. The maximum Gasteiger partial charge on any atom is 0.336 e. The number of carboxylic acid groups (broad SMARTS) is 1. The van der Waals surface area contributed by atoms with Crippen molar-refractivity contribution in [1.29, 1.82) is 0 Å². The molecule has 0 fully saturated rings. The second kappa shape index (κ2) is 11.7. The Labute approximate surface area is 172 Å². The van der Waals surface area contributed by atoms with Crippen molar-refractivity contribution in [2.75, 3.05) is 0 Å². The first-order valence-corrected chi connectivity index (χ1v) is 10.2. The fraction of sp³-hybridized carbons (Fsp3) is 0.391. The largest absolute Gasteiger partial charge is 0.478 e. The number of hydrogen-bond donors (Lipinski definition) is 2. The number of benzene rings is 1.